The van der Waals surface area contributed by atoms with Gasteiger partial charge in [-0.05, 0) is 0 Å². The standard InChI is InChI=1S/C5H12O2S.H3N/c1-6-2-3-7-4-5-8;/h8H,2-5H2,1H3;1H3. The Kier molecular flexibility index (Phi) is 14.7. The molecule has 0 bridgehead atoms. The second kappa shape index (κ2) is 11.1. The van der Waals surface area contributed by atoms with Gasteiger partial charge in [0.15, 0.2) is 0 Å². The summed E-state index contributed by atoms with van der Waals surface area (Å²) in [6, 6.07) is 0. The molecule has 0 amide bonds. The molecule has 0 aliphatic rings. The number of hydrogen-bond acceptors (Lipinski definition) is 4. The number of rotatable bonds is 5. The van der Waals surface area contributed by atoms with Crippen LogP contribution in [0, 0.1) is 0 Å². The van der Waals surface area contributed by atoms with Gasteiger partial charge in [-0.25, -0.2) is 0 Å². The van der Waals surface area contributed by atoms with Crippen LogP contribution in [0.2, 0.25) is 0 Å². The van der Waals surface area contributed by atoms with Crippen LogP contribution in [-0.4, -0.2) is 32.7 Å². The molecule has 0 spiro atoms. The molecule has 0 aromatic carbocycles. The van der Waals surface area contributed by atoms with Crippen LogP contribution in [-0.2, 0) is 9.47 Å². The maximum absolute atomic E-state index is 5.02. The zero-order chi connectivity index (χ0) is 6.24. The van der Waals surface area contributed by atoms with Crippen LogP contribution in [0.1, 0.15) is 0 Å². The lowest BCUT2D eigenvalue weighted by atomic mass is 10.7. The third-order valence-corrected chi connectivity index (χ3v) is 0.850. The van der Waals surface area contributed by atoms with Gasteiger partial charge in [-0.2, -0.15) is 12.6 Å². The fourth-order valence-electron chi connectivity index (χ4n) is 0.309. The maximum atomic E-state index is 5.02. The van der Waals surface area contributed by atoms with Gasteiger partial charge in [-0.1, -0.05) is 0 Å². The summed E-state index contributed by atoms with van der Waals surface area (Å²) in [5.41, 5.74) is 0. The van der Waals surface area contributed by atoms with E-state index < -0.39 is 0 Å². The van der Waals surface area contributed by atoms with Crippen molar-refractivity contribution in [2.24, 2.45) is 0 Å². The molecule has 3 nitrogen and oxygen atoms in total. The van der Waals surface area contributed by atoms with Crippen LogP contribution in [0.15, 0.2) is 0 Å². The van der Waals surface area contributed by atoms with Crippen molar-refractivity contribution in [3.63, 3.8) is 0 Å². The van der Waals surface area contributed by atoms with Gasteiger partial charge in [-0.3, -0.25) is 0 Å². The van der Waals surface area contributed by atoms with Gasteiger partial charge in [0.1, 0.15) is 0 Å². The molecule has 0 heterocycles. The second-order valence-electron chi connectivity index (χ2n) is 1.33. The lowest BCUT2D eigenvalue weighted by molar-refractivity contribution is 0.0791. The maximum Gasteiger partial charge on any atom is 0.0700 e. The molecular formula is C5H15NO2S. The molecule has 0 unspecified atom stereocenters. The third-order valence-electron chi connectivity index (χ3n) is 0.667. The van der Waals surface area contributed by atoms with E-state index in [1.807, 2.05) is 0 Å². The number of thiol groups is 1. The summed E-state index contributed by atoms with van der Waals surface area (Å²) < 4.78 is 9.76. The summed E-state index contributed by atoms with van der Waals surface area (Å²) >= 11 is 3.96. The Balaban J connectivity index is 0. The van der Waals surface area contributed by atoms with Crippen molar-refractivity contribution in [3.05, 3.63) is 0 Å². The monoisotopic (exact) mass is 153 g/mol. The van der Waals surface area contributed by atoms with Crippen LogP contribution in [0.25, 0.3) is 0 Å². The Morgan fingerprint density at radius 2 is 1.89 bits per heavy atom. The van der Waals surface area contributed by atoms with Crippen molar-refractivity contribution >= 4 is 12.6 Å². The first-order valence-corrected chi connectivity index (χ1v) is 3.22. The highest BCUT2D eigenvalue weighted by atomic mass is 32.1. The van der Waals surface area contributed by atoms with E-state index in [0.717, 1.165) is 5.75 Å². The number of hydrogen-bond donors (Lipinski definition) is 2. The molecule has 0 saturated carbocycles. The van der Waals surface area contributed by atoms with Crippen LogP contribution in [0.4, 0.5) is 0 Å². The fraction of sp³-hybridized carbons (Fsp3) is 1.00. The molecule has 58 valence electrons. The van der Waals surface area contributed by atoms with Gasteiger partial charge in [-0.15, -0.1) is 0 Å². The molecule has 0 aromatic rings. The highest BCUT2D eigenvalue weighted by molar-refractivity contribution is 7.80. The van der Waals surface area contributed by atoms with Gasteiger partial charge in [0.2, 0.25) is 0 Å². The van der Waals surface area contributed by atoms with E-state index in [-0.39, 0.29) is 6.15 Å². The smallest absolute Gasteiger partial charge is 0.0700 e. The Bertz CT molecular complexity index is 39.9. The van der Waals surface area contributed by atoms with Crippen molar-refractivity contribution in [1.29, 1.82) is 0 Å². The van der Waals surface area contributed by atoms with Crippen molar-refractivity contribution < 1.29 is 9.47 Å². The summed E-state index contributed by atoms with van der Waals surface area (Å²) in [4.78, 5) is 0. The molecule has 0 atom stereocenters. The zero-order valence-corrected chi connectivity index (χ0v) is 6.69. The average molecular weight is 153 g/mol. The average Bonchev–Trinajstić information content (AvgIpc) is 1.81. The lowest BCUT2D eigenvalue weighted by Gasteiger charge is -1.98. The molecule has 0 aromatic heterocycles. The largest absolute Gasteiger partial charge is 0.382 e. The lowest BCUT2D eigenvalue weighted by Crippen LogP contribution is -2.03. The Morgan fingerprint density at radius 1 is 1.22 bits per heavy atom. The second-order valence-corrected chi connectivity index (χ2v) is 1.78. The predicted octanol–water partition coefficient (Wildman–Crippen LogP) is 0.741. The van der Waals surface area contributed by atoms with Crippen LogP contribution in [0.5, 0.6) is 0 Å². The number of ether oxygens (including phenoxy) is 2. The van der Waals surface area contributed by atoms with E-state index in [2.05, 4.69) is 12.6 Å². The predicted molar refractivity (Wildman–Crippen MR) is 41.6 cm³/mol. The van der Waals surface area contributed by atoms with E-state index in [1.54, 1.807) is 7.11 Å². The normalized spacial score (nSPS) is 8.67. The fourth-order valence-corrected chi connectivity index (χ4v) is 0.438. The molecule has 0 aliphatic heterocycles. The molecule has 0 aliphatic carbocycles. The van der Waals surface area contributed by atoms with Crippen molar-refractivity contribution in [2.45, 2.75) is 0 Å². The minimum absolute atomic E-state index is 0. The van der Waals surface area contributed by atoms with E-state index in [1.165, 1.54) is 0 Å². The molecule has 0 rings (SSSR count). The van der Waals surface area contributed by atoms with Gasteiger partial charge in [0, 0.05) is 12.9 Å². The Morgan fingerprint density at radius 3 is 2.33 bits per heavy atom. The first-order valence-electron chi connectivity index (χ1n) is 2.59. The number of methoxy groups -OCH3 is 1. The first kappa shape index (κ1) is 12.0. The summed E-state index contributed by atoms with van der Waals surface area (Å²) in [7, 11) is 1.66. The molecule has 0 radical (unpaired) electrons. The third kappa shape index (κ3) is 11.7. The quantitative estimate of drug-likeness (QED) is 0.452. The molecule has 3 N–H and O–H groups in total. The molecule has 4 heteroatoms. The van der Waals surface area contributed by atoms with Crippen molar-refractivity contribution in [1.82, 2.24) is 6.15 Å². The summed E-state index contributed by atoms with van der Waals surface area (Å²) in [5.74, 6) is 0.781. The van der Waals surface area contributed by atoms with E-state index in [0.29, 0.717) is 19.8 Å². The van der Waals surface area contributed by atoms with Gasteiger partial charge in [0.05, 0.1) is 19.8 Å². The van der Waals surface area contributed by atoms with Crippen LogP contribution < -0.4 is 6.15 Å². The van der Waals surface area contributed by atoms with Gasteiger partial charge < -0.3 is 15.6 Å². The molecule has 0 saturated heterocycles. The summed E-state index contributed by atoms with van der Waals surface area (Å²) in [6.45, 7) is 2.07. The summed E-state index contributed by atoms with van der Waals surface area (Å²) in [5, 5.41) is 0. The molecular weight excluding hydrogens is 138 g/mol. The van der Waals surface area contributed by atoms with E-state index in [9.17, 15) is 0 Å². The minimum atomic E-state index is 0. The zero-order valence-electron chi connectivity index (χ0n) is 5.80. The van der Waals surface area contributed by atoms with Crippen molar-refractivity contribution in [2.75, 3.05) is 32.7 Å². The van der Waals surface area contributed by atoms with Gasteiger partial charge in [0.25, 0.3) is 0 Å². The minimum Gasteiger partial charge on any atom is -0.382 e. The molecule has 9 heavy (non-hydrogen) atoms. The highest BCUT2D eigenvalue weighted by Crippen LogP contribution is 1.77. The highest BCUT2D eigenvalue weighted by Gasteiger charge is 1.81. The van der Waals surface area contributed by atoms with Crippen LogP contribution in [0.3, 0.4) is 0 Å². The van der Waals surface area contributed by atoms with Gasteiger partial charge >= 0.3 is 0 Å². The van der Waals surface area contributed by atoms with E-state index in [4.69, 9.17) is 9.47 Å². The topological polar surface area (TPSA) is 53.5 Å². The Hall–Kier alpha value is 0.230. The summed E-state index contributed by atoms with van der Waals surface area (Å²) in [6.07, 6.45) is 0. The van der Waals surface area contributed by atoms with Crippen LogP contribution >= 0.6 is 12.6 Å². The first-order chi connectivity index (χ1) is 3.91. The van der Waals surface area contributed by atoms with Crippen molar-refractivity contribution in [3.8, 4) is 0 Å². The molecule has 0 fully saturated rings. The SMILES string of the molecule is COCCOCCS.N. The van der Waals surface area contributed by atoms with E-state index >= 15 is 0 Å². The Labute approximate surface area is 61.7 Å².